The van der Waals surface area contributed by atoms with Crippen molar-refractivity contribution in [3.8, 4) is 0 Å². The van der Waals surface area contributed by atoms with E-state index >= 15 is 0 Å². The lowest BCUT2D eigenvalue weighted by atomic mass is 9.88. The molecule has 2 fully saturated rings. The van der Waals surface area contributed by atoms with Crippen LogP contribution in [0.25, 0.3) is 0 Å². The van der Waals surface area contributed by atoms with Crippen molar-refractivity contribution in [1.82, 2.24) is 4.90 Å². The van der Waals surface area contributed by atoms with Gasteiger partial charge in [-0.2, -0.15) is 0 Å². The minimum Gasteiger partial charge on any atom is -0.378 e. The van der Waals surface area contributed by atoms with E-state index in [0.717, 1.165) is 49.4 Å². The Morgan fingerprint density at radius 2 is 2.04 bits per heavy atom. The highest BCUT2D eigenvalue weighted by Gasteiger charge is 2.35. The number of para-hydroxylation sites is 1. The van der Waals surface area contributed by atoms with Gasteiger partial charge in [-0.1, -0.05) is 18.2 Å². The van der Waals surface area contributed by atoms with Gasteiger partial charge in [0.2, 0.25) is 5.91 Å². The summed E-state index contributed by atoms with van der Waals surface area (Å²) in [7, 11) is 0. The number of carbonyl (C=O) groups is 1. The Kier molecular flexibility index (Phi) is 5.02. The highest BCUT2D eigenvalue weighted by atomic mass is 16.5. The molecule has 1 aromatic carbocycles. The molecule has 2 saturated heterocycles. The number of nitrogens with zero attached hydrogens (tertiary/aromatic N) is 1. The predicted molar refractivity (Wildman–Crippen MR) is 92.7 cm³/mol. The van der Waals surface area contributed by atoms with Gasteiger partial charge in [-0.25, -0.2) is 0 Å². The molecule has 1 aromatic rings. The molecule has 0 bridgehead atoms. The van der Waals surface area contributed by atoms with Crippen molar-refractivity contribution in [1.29, 1.82) is 0 Å². The van der Waals surface area contributed by atoms with E-state index in [1.807, 2.05) is 39.0 Å². The van der Waals surface area contributed by atoms with E-state index in [1.54, 1.807) is 0 Å². The first-order chi connectivity index (χ1) is 11.1. The summed E-state index contributed by atoms with van der Waals surface area (Å²) in [5.74, 6) is 0.686. The Balaban J connectivity index is 1.63. The summed E-state index contributed by atoms with van der Waals surface area (Å²) < 4.78 is 5.87. The van der Waals surface area contributed by atoms with Gasteiger partial charge in [0.05, 0.1) is 12.1 Å². The molecule has 23 heavy (non-hydrogen) atoms. The summed E-state index contributed by atoms with van der Waals surface area (Å²) in [6.07, 6.45) is 3.84. The molecule has 1 amide bonds. The maximum absolute atomic E-state index is 12.7. The van der Waals surface area contributed by atoms with Crippen LogP contribution in [0.1, 0.15) is 37.3 Å². The molecule has 2 aliphatic rings. The van der Waals surface area contributed by atoms with Gasteiger partial charge in [0, 0.05) is 25.4 Å². The first kappa shape index (κ1) is 16.5. The zero-order valence-electron chi connectivity index (χ0n) is 14.5. The molecule has 0 radical (unpaired) electrons. The average Bonchev–Trinajstić information content (AvgIpc) is 2.57. The third kappa shape index (κ3) is 3.59. The van der Waals surface area contributed by atoms with Crippen molar-refractivity contribution in [2.75, 3.05) is 25.0 Å². The van der Waals surface area contributed by atoms with E-state index in [-0.39, 0.29) is 11.9 Å². The monoisotopic (exact) mass is 316 g/mol. The molecule has 4 heteroatoms. The summed E-state index contributed by atoms with van der Waals surface area (Å²) >= 11 is 0. The van der Waals surface area contributed by atoms with Crippen LogP contribution < -0.4 is 5.32 Å². The molecule has 3 rings (SSSR count). The zero-order valence-corrected chi connectivity index (χ0v) is 14.5. The molecule has 0 saturated carbocycles. The van der Waals surface area contributed by atoms with Gasteiger partial charge < -0.3 is 10.1 Å². The highest BCUT2D eigenvalue weighted by Crippen LogP contribution is 2.29. The van der Waals surface area contributed by atoms with E-state index in [9.17, 15) is 4.79 Å². The van der Waals surface area contributed by atoms with Crippen LogP contribution in [-0.2, 0) is 9.53 Å². The van der Waals surface area contributed by atoms with Crippen LogP contribution in [0.15, 0.2) is 18.2 Å². The average molecular weight is 316 g/mol. The van der Waals surface area contributed by atoms with Gasteiger partial charge in [0.15, 0.2) is 0 Å². The molecule has 1 N–H and O–H groups in total. The Morgan fingerprint density at radius 1 is 1.30 bits per heavy atom. The van der Waals surface area contributed by atoms with Crippen molar-refractivity contribution in [2.45, 2.75) is 52.2 Å². The summed E-state index contributed by atoms with van der Waals surface area (Å²) in [5, 5.41) is 3.14. The van der Waals surface area contributed by atoms with Gasteiger partial charge in [0.25, 0.3) is 0 Å². The number of ether oxygens (including phenoxy) is 1. The van der Waals surface area contributed by atoms with Gasteiger partial charge in [-0.3, -0.25) is 9.69 Å². The minimum absolute atomic E-state index is 0.0950. The third-order valence-electron chi connectivity index (χ3n) is 5.40. The first-order valence-corrected chi connectivity index (χ1v) is 8.79. The molecule has 0 spiro atoms. The molecule has 0 unspecified atom stereocenters. The number of aryl methyl sites for hydroxylation is 2. The second-order valence-electron chi connectivity index (χ2n) is 7.03. The summed E-state index contributed by atoms with van der Waals surface area (Å²) in [5.41, 5.74) is 3.19. The standard InChI is InChI=1S/C19H28N2O2/c1-13-6-4-7-14(2)18(13)20-19(22)15(3)21-10-9-17-16(12-21)8-5-11-23-17/h4,6-7,15-17H,5,8-12H2,1-3H3,(H,20,22)/t15-,16+,17+/m0/s1. The third-order valence-corrected chi connectivity index (χ3v) is 5.40. The smallest absolute Gasteiger partial charge is 0.241 e. The number of benzene rings is 1. The van der Waals surface area contributed by atoms with E-state index in [0.29, 0.717) is 12.0 Å². The van der Waals surface area contributed by atoms with E-state index in [2.05, 4.69) is 10.2 Å². The Bertz CT molecular complexity index is 552. The van der Waals surface area contributed by atoms with Crippen molar-refractivity contribution in [2.24, 2.45) is 5.92 Å². The second-order valence-corrected chi connectivity index (χ2v) is 7.03. The van der Waals surface area contributed by atoms with Crippen LogP contribution in [0.2, 0.25) is 0 Å². The maximum atomic E-state index is 12.7. The maximum Gasteiger partial charge on any atom is 0.241 e. The number of piperidine rings is 1. The summed E-state index contributed by atoms with van der Waals surface area (Å²) in [6, 6.07) is 6.00. The van der Waals surface area contributed by atoms with Crippen LogP contribution in [-0.4, -0.2) is 42.6 Å². The lowest BCUT2D eigenvalue weighted by Crippen LogP contribution is -2.52. The van der Waals surface area contributed by atoms with Gasteiger partial charge in [-0.15, -0.1) is 0 Å². The quantitative estimate of drug-likeness (QED) is 0.931. The SMILES string of the molecule is Cc1cccc(C)c1NC(=O)[C@H](C)N1CC[C@H]2OCCC[C@@H]2C1. The molecular weight excluding hydrogens is 288 g/mol. The van der Waals surface area contributed by atoms with Crippen molar-refractivity contribution < 1.29 is 9.53 Å². The van der Waals surface area contributed by atoms with Gasteiger partial charge in [-0.05, 0) is 57.1 Å². The van der Waals surface area contributed by atoms with Crippen LogP contribution in [0, 0.1) is 19.8 Å². The number of carbonyl (C=O) groups excluding carboxylic acids is 1. The molecule has 4 nitrogen and oxygen atoms in total. The fourth-order valence-corrected chi connectivity index (χ4v) is 3.87. The second kappa shape index (κ2) is 7.02. The van der Waals surface area contributed by atoms with Crippen molar-refractivity contribution in [3.63, 3.8) is 0 Å². The fraction of sp³-hybridized carbons (Fsp3) is 0.632. The molecule has 0 aromatic heterocycles. The lowest BCUT2D eigenvalue weighted by Gasteiger charge is -2.42. The number of likely N-dealkylation sites (tertiary alicyclic amines) is 1. The lowest BCUT2D eigenvalue weighted by molar-refractivity contribution is -0.124. The number of amides is 1. The topological polar surface area (TPSA) is 41.6 Å². The zero-order chi connectivity index (χ0) is 16.4. The van der Waals surface area contributed by atoms with E-state index in [4.69, 9.17) is 4.74 Å². The Hall–Kier alpha value is -1.39. The van der Waals surface area contributed by atoms with Crippen LogP contribution in [0.5, 0.6) is 0 Å². The molecule has 2 heterocycles. The van der Waals surface area contributed by atoms with E-state index in [1.165, 1.54) is 6.42 Å². The van der Waals surface area contributed by atoms with Gasteiger partial charge >= 0.3 is 0 Å². The van der Waals surface area contributed by atoms with Crippen molar-refractivity contribution in [3.05, 3.63) is 29.3 Å². The largest absolute Gasteiger partial charge is 0.378 e. The summed E-state index contributed by atoms with van der Waals surface area (Å²) in [6.45, 7) is 8.93. The Labute approximate surface area is 139 Å². The minimum atomic E-state index is -0.100. The Morgan fingerprint density at radius 3 is 2.78 bits per heavy atom. The number of hydrogen-bond donors (Lipinski definition) is 1. The highest BCUT2D eigenvalue weighted by molar-refractivity contribution is 5.95. The molecule has 2 aliphatic heterocycles. The van der Waals surface area contributed by atoms with Gasteiger partial charge in [0.1, 0.15) is 0 Å². The van der Waals surface area contributed by atoms with Crippen LogP contribution in [0.3, 0.4) is 0 Å². The van der Waals surface area contributed by atoms with Crippen LogP contribution >= 0.6 is 0 Å². The first-order valence-electron chi connectivity index (χ1n) is 8.79. The summed E-state index contributed by atoms with van der Waals surface area (Å²) in [4.78, 5) is 15.0. The number of fused-ring (bicyclic) bond motifs is 1. The number of hydrogen-bond acceptors (Lipinski definition) is 3. The number of anilines is 1. The van der Waals surface area contributed by atoms with E-state index < -0.39 is 0 Å². The predicted octanol–water partition coefficient (Wildman–Crippen LogP) is 3.13. The number of rotatable bonds is 3. The fourth-order valence-electron chi connectivity index (χ4n) is 3.87. The number of nitrogens with one attached hydrogen (secondary N) is 1. The molecule has 0 aliphatic carbocycles. The molecule has 3 atom stereocenters. The van der Waals surface area contributed by atoms with Crippen molar-refractivity contribution >= 4 is 11.6 Å². The molecule has 126 valence electrons. The normalized spacial score (nSPS) is 26.4. The van der Waals surface area contributed by atoms with Crippen LogP contribution in [0.4, 0.5) is 5.69 Å². The molecular formula is C19H28N2O2.